The van der Waals surface area contributed by atoms with E-state index in [1.807, 2.05) is 6.08 Å². The van der Waals surface area contributed by atoms with Crippen molar-refractivity contribution in [2.24, 2.45) is 5.41 Å². The number of ether oxygens (including phenoxy) is 1. The fraction of sp³-hybridized carbons (Fsp3) is 0.455. The molecule has 120 valence electrons. The quantitative estimate of drug-likeness (QED) is 0.640. The number of fused-ring (bicyclic) bond motifs is 1. The van der Waals surface area contributed by atoms with Crippen molar-refractivity contribution in [1.29, 1.82) is 0 Å². The Balaban J connectivity index is 1.44. The zero-order valence-electron chi connectivity index (χ0n) is 13.9. The van der Waals surface area contributed by atoms with E-state index in [1.165, 1.54) is 67.7 Å². The summed E-state index contributed by atoms with van der Waals surface area (Å²) >= 11 is 0. The minimum atomic E-state index is 0.408. The molecule has 0 atom stereocenters. The molecular weight excluding hydrogens is 280 g/mol. The van der Waals surface area contributed by atoms with E-state index in [4.69, 9.17) is 4.74 Å². The van der Waals surface area contributed by atoms with Gasteiger partial charge in [0, 0.05) is 0 Å². The number of benzene rings is 2. The van der Waals surface area contributed by atoms with Gasteiger partial charge in [-0.2, -0.15) is 0 Å². The molecule has 2 saturated carbocycles. The minimum absolute atomic E-state index is 0.408. The SMILES string of the molecule is C=Cc1ccc2cc(OC3CCC4(CCCC4)CC3)ccc2c1. The average Bonchev–Trinajstić information content (AvgIpc) is 3.05. The lowest BCUT2D eigenvalue weighted by atomic mass is 9.72. The van der Waals surface area contributed by atoms with E-state index < -0.39 is 0 Å². The van der Waals surface area contributed by atoms with Gasteiger partial charge in [-0.25, -0.2) is 0 Å². The van der Waals surface area contributed by atoms with Crippen LogP contribution in [0.1, 0.15) is 56.9 Å². The third-order valence-electron chi connectivity index (χ3n) is 6.03. The molecule has 0 saturated heterocycles. The van der Waals surface area contributed by atoms with E-state index in [1.54, 1.807) is 0 Å². The fourth-order valence-corrected chi connectivity index (χ4v) is 4.58. The van der Waals surface area contributed by atoms with E-state index in [2.05, 4.69) is 43.0 Å². The van der Waals surface area contributed by atoms with Gasteiger partial charge < -0.3 is 4.74 Å². The van der Waals surface area contributed by atoms with Gasteiger partial charge in [0.25, 0.3) is 0 Å². The van der Waals surface area contributed by atoms with Crippen LogP contribution in [0, 0.1) is 5.41 Å². The first-order valence-corrected chi connectivity index (χ1v) is 9.09. The van der Waals surface area contributed by atoms with Gasteiger partial charge in [0.2, 0.25) is 0 Å². The zero-order valence-corrected chi connectivity index (χ0v) is 13.9. The van der Waals surface area contributed by atoms with Gasteiger partial charge in [-0.1, -0.05) is 43.7 Å². The highest BCUT2D eigenvalue weighted by molar-refractivity contribution is 5.85. The van der Waals surface area contributed by atoms with Crippen LogP contribution in [-0.2, 0) is 0 Å². The van der Waals surface area contributed by atoms with Gasteiger partial charge in [-0.05, 0) is 78.5 Å². The molecule has 1 nitrogen and oxygen atoms in total. The summed E-state index contributed by atoms with van der Waals surface area (Å²) in [6, 6.07) is 12.9. The van der Waals surface area contributed by atoms with Crippen molar-refractivity contribution in [1.82, 2.24) is 0 Å². The molecule has 1 heteroatoms. The highest BCUT2D eigenvalue weighted by atomic mass is 16.5. The Morgan fingerprint density at radius 1 is 0.913 bits per heavy atom. The maximum atomic E-state index is 6.30. The molecular formula is C22H26O. The number of hydrogen-bond donors (Lipinski definition) is 0. The van der Waals surface area contributed by atoms with Crippen molar-refractivity contribution >= 4 is 16.8 Å². The van der Waals surface area contributed by atoms with E-state index >= 15 is 0 Å². The smallest absolute Gasteiger partial charge is 0.120 e. The van der Waals surface area contributed by atoms with Crippen molar-refractivity contribution in [3.63, 3.8) is 0 Å². The molecule has 0 heterocycles. The third kappa shape index (κ3) is 3.02. The molecule has 2 aliphatic rings. The predicted octanol–water partition coefficient (Wildman–Crippen LogP) is 6.36. The van der Waals surface area contributed by atoms with E-state index in [0.29, 0.717) is 11.5 Å². The van der Waals surface area contributed by atoms with Crippen LogP contribution in [0.15, 0.2) is 43.0 Å². The Morgan fingerprint density at radius 2 is 1.61 bits per heavy atom. The molecule has 0 bridgehead atoms. The summed E-state index contributed by atoms with van der Waals surface area (Å²) in [7, 11) is 0. The normalized spacial score (nSPS) is 20.9. The van der Waals surface area contributed by atoms with Crippen molar-refractivity contribution in [3.05, 3.63) is 48.5 Å². The van der Waals surface area contributed by atoms with E-state index in [-0.39, 0.29) is 0 Å². The standard InChI is InChI=1S/C22H26O/c1-2-17-5-6-19-16-21(8-7-18(19)15-17)23-20-9-13-22(14-10-20)11-3-4-12-22/h2,5-8,15-16,20H,1,3-4,9-14H2. The minimum Gasteiger partial charge on any atom is -0.490 e. The summed E-state index contributed by atoms with van der Waals surface area (Å²) in [5.41, 5.74) is 1.85. The summed E-state index contributed by atoms with van der Waals surface area (Å²) in [5.74, 6) is 1.02. The summed E-state index contributed by atoms with van der Waals surface area (Å²) < 4.78 is 6.30. The molecule has 23 heavy (non-hydrogen) atoms. The largest absolute Gasteiger partial charge is 0.490 e. The van der Waals surface area contributed by atoms with E-state index in [9.17, 15) is 0 Å². The second kappa shape index (κ2) is 6.03. The molecule has 0 aliphatic heterocycles. The topological polar surface area (TPSA) is 9.23 Å². The second-order valence-corrected chi connectivity index (χ2v) is 7.50. The van der Waals surface area contributed by atoms with Crippen LogP contribution in [-0.4, -0.2) is 6.10 Å². The van der Waals surface area contributed by atoms with Crippen molar-refractivity contribution in [2.75, 3.05) is 0 Å². The second-order valence-electron chi connectivity index (χ2n) is 7.50. The Hall–Kier alpha value is -1.76. The number of hydrogen-bond acceptors (Lipinski definition) is 1. The summed E-state index contributed by atoms with van der Waals surface area (Å²) in [4.78, 5) is 0. The molecule has 1 spiro atoms. The van der Waals surface area contributed by atoms with Gasteiger partial charge in [0.15, 0.2) is 0 Å². The molecule has 4 rings (SSSR count). The molecule has 0 unspecified atom stereocenters. The van der Waals surface area contributed by atoms with Crippen LogP contribution in [0.4, 0.5) is 0 Å². The maximum Gasteiger partial charge on any atom is 0.120 e. The van der Waals surface area contributed by atoms with Crippen LogP contribution in [0.3, 0.4) is 0 Å². The van der Waals surface area contributed by atoms with Crippen LogP contribution in [0.25, 0.3) is 16.8 Å². The zero-order chi connectivity index (χ0) is 15.7. The summed E-state index contributed by atoms with van der Waals surface area (Å²) in [6.07, 6.45) is 13.3. The van der Waals surface area contributed by atoms with Crippen molar-refractivity contribution < 1.29 is 4.74 Å². The van der Waals surface area contributed by atoms with Crippen LogP contribution in [0.2, 0.25) is 0 Å². The molecule has 0 N–H and O–H groups in total. The molecule has 2 fully saturated rings. The highest BCUT2D eigenvalue weighted by Gasteiger charge is 2.37. The number of rotatable bonds is 3. The molecule has 2 aromatic carbocycles. The Labute approximate surface area is 139 Å². The lowest BCUT2D eigenvalue weighted by Crippen LogP contribution is -2.30. The van der Waals surface area contributed by atoms with Crippen LogP contribution >= 0.6 is 0 Å². The maximum absolute atomic E-state index is 6.30. The van der Waals surface area contributed by atoms with Gasteiger partial charge in [0.1, 0.15) is 5.75 Å². The van der Waals surface area contributed by atoms with Gasteiger partial charge in [0.05, 0.1) is 6.10 Å². The summed E-state index contributed by atoms with van der Waals surface area (Å²) in [5, 5.41) is 2.50. The van der Waals surface area contributed by atoms with Crippen LogP contribution < -0.4 is 4.74 Å². The lowest BCUT2D eigenvalue weighted by Gasteiger charge is -2.37. The molecule has 0 radical (unpaired) electrons. The first-order valence-electron chi connectivity index (χ1n) is 9.09. The van der Waals surface area contributed by atoms with E-state index in [0.717, 1.165) is 5.75 Å². The van der Waals surface area contributed by atoms with Crippen molar-refractivity contribution in [3.8, 4) is 5.75 Å². The third-order valence-corrected chi connectivity index (χ3v) is 6.03. The lowest BCUT2D eigenvalue weighted by molar-refractivity contribution is 0.0825. The first kappa shape index (κ1) is 14.8. The molecule has 0 aromatic heterocycles. The molecule has 2 aromatic rings. The summed E-state index contributed by atoms with van der Waals surface area (Å²) in [6.45, 7) is 3.84. The van der Waals surface area contributed by atoms with Gasteiger partial charge in [-0.15, -0.1) is 0 Å². The predicted molar refractivity (Wildman–Crippen MR) is 97.8 cm³/mol. The highest BCUT2D eigenvalue weighted by Crippen LogP contribution is 2.49. The first-order chi connectivity index (χ1) is 11.3. The fourth-order valence-electron chi connectivity index (χ4n) is 4.58. The Bertz CT molecular complexity index is 699. The molecule has 2 aliphatic carbocycles. The Morgan fingerprint density at radius 3 is 2.35 bits per heavy atom. The van der Waals surface area contributed by atoms with Gasteiger partial charge in [-0.3, -0.25) is 0 Å². The Kier molecular flexibility index (Phi) is 3.88. The monoisotopic (exact) mass is 306 g/mol. The van der Waals surface area contributed by atoms with Gasteiger partial charge >= 0.3 is 0 Å². The van der Waals surface area contributed by atoms with Crippen molar-refractivity contribution in [2.45, 2.75) is 57.5 Å². The van der Waals surface area contributed by atoms with Crippen LogP contribution in [0.5, 0.6) is 5.75 Å². The average molecular weight is 306 g/mol. The molecule has 0 amide bonds.